The van der Waals surface area contributed by atoms with Gasteiger partial charge in [0, 0.05) is 17.8 Å². The Kier molecular flexibility index (Phi) is 7.50. The van der Waals surface area contributed by atoms with Crippen molar-refractivity contribution in [3.05, 3.63) is 94.8 Å². The molecule has 0 fully saturated rings. The van der Waals surface area contributed by atoms with Crippen LogP contribution in [0.3, 0.4) is 0 Å². The number of sulfonamides is 1. The highest BCUT2D eigenvalue weighted by atomic mass is 32.2. The first-order valence-electron chi connectivity index (χ1n) is 10.5. The van der Waals surface area contributed by atoms with Gasteiger partial charge in [-0.15, -0.1) is 0 Å². The van der Waals surface area contributed by atoms with Crippen LogP contribution in [0.5, 0.6) is 0 Å². The van der Waals surface area contributed by atoms with Crippen LogP contribution in [0, 0.1) is 19.7 Å². The molecule has 8 heteroatoms. The Labute approximate surface area is 194 Å². The summed E-state index contributed by atoms with van der Waals surface area (Å²) >= 11 is 0. The molecule has 0 aliphatic heterocycles. The Morgan fingerprint density at radius 1 is 1.00 bits per heavy atom. The quantitative estimate of drug-likeness (QED) is 0.516. The van der Waals surface area contributed by atoms with Crippen LogP contribution in [0.4, 0.5) is 10.1 Å². The van der Waals surface area contributed by atoms with Crippen molar-refractivity contribution in [1.82, 2.24) is 10.2 Å². The molecule has 0 unspecified atom stereocenters. The lowest BCUT2D eigenvalue weighted by atomic mass is 10.1. The van der Waals surface area contributed by atoms with E-state index in [0.717, 1.165) is 11.1 Å². The molecule has 3 aromatic carbocycles. The highest BCUT2D eigenvalue weighted by Crippen LogP contribution is 2.22. The van der Waals surface area contributed by atoms with Crippen molar-refractivity contribution < 1.29 is 17.6 Å². The summed E-state index contributed by atoms with van der Waals surface area (Å²) in [6.07, 6.45) is 0. The monoisotopic (exact) mass is 469 g/mol. The average Bonchev–Trinajstić information content (AvgIpc) is 2.75. The molecule has 0 saturated carbocycles. The lowest BCUT2D eigenvalue weighted by Gasteiger charge is -2.25. The molecule has 6 nitrogen and oxygen atoms in total. The Hall–Kier alpha value is -3.23. The minimum atomic E-state index is -3.75. The molecule has 0 bridgehead atoms. The number of halogens is 1. The minimum Gasteiger partial charge on any atom is -0.350 e. The van der Waals surface area contributed by atoms with Crippen LogP contribution in [0.25, 0.3) is 0 Å². The molecule has 174 valence electrons. The number of carbonyl (C=O) groups is 1. The summed E-state index contributed by atoms with van der Waals surface area (Å²) in [5.41, 5.74) is 3.01. The van der Waals surface area contributed by atoms with Crippen LogP contribution in [-0.2, 0) is 10.0 Å². The zero-order chi connectivity index (χ0) is 24.2. The molecule has 1 atom stereocenters. The molecular formula is C25H28FN3O3S. The topological polar surface area (TPSA) is 78.5 Å². The summed E-state index contributed by atoms with van der Waals surface area (Å²) < 4.78 is 41.7. The van der Waals surface area contributed by atoms with E-state index in [1.165, 1.54) is 12.1 Å². The maximum atomic E-state index is 13.6. The predicted octanol–water partition coefficient (Wildman–Crippen LogP) is 4.28. The number of benzene rings is 3. The van der Waals surface area contributed by atoms with Gasteiger partial charge in [-0.3, -0.25) is 9.52 Å². The van der Waals surface area contributed by atoms with Gasteiger partial charge in [0.25, 0.3) is 15.9 Å². The summed E-state index contributed by atoms with van der Waals surface area (Å²) in [4.78, 5) is 14.7. The summed E-state index contributed by atoms with van der Waals surface area (Å²) in [5, 5.41) is 2.86. The Balaban J connectivity index is 1.68. The van der Waals surface area contributed by atoms with Gasteiger partial charge in [-0.2, -0.15) is 0 Å². The third-order valence-electron chi connectivity index (χ3n) is 5.35. The largest absolute Gasteiger partial charge is 0.350 e. The number of anilines is 1. The lowest BCUT2D eigenvalue weighted by Crippen LogP contribution is -2.34. The molecule has 0 spiro atoms. The van der Waals surface area contributed by atoms with Gasteiger partial charge >= 0.3 is 0 Å². The molecule has 0 aromatic heterocycles. The van der Waals surface area contributed by atoms with Crippen molar-refractivity contribution in [3.8, 4) is 0 Å². The molecule has 2 N–H and O–H groups in total. The number of likely N-dealkylation sites (N-methyl/N-ethyl adjacent to an activating group) is 1. The van der Waals surface area contributed by atoms with Gasteiger partial charge in [0.1, 0.15) is 5.82 Å². The standard InChI is InChI=1S/C25H28FN3O3S/c1-17-8-9-18(2)24(14-17)33(31,32)28-22-12-10-19(11-13-22)25(30)27-16-23(29(3)4)20-6-5-7-21(26)15-20/h5-15,23,28H,16H2,1-4H3,(H,27,30)/t23-/m0/s1. The number of carbonyl (C=O) groups excluding carboxylic acids is 1. The maximum Gasteiger partial charge on any atom is 0.262 e. The summed E-state index contributed by atoms with van der Waals surface area (Å²) in [6.45, 7) is 3.86. The van der Waals surface area contributed by atoms with Crippen LogP contribution in [0.15, 0.2) is 71.6 Å². The fraction of sp³-hybridized carbons (Fsp3) is 0.240. The molecule has 1 amide bonds. The number of hydrogen-bond acceptors (Lipinski definition) is 4. The first-order chi connectivity index (χ1) is 15.6. The SMILES string of the molecule is Cc1ccc(C)c(S(=O)(=O)Nc2ccc(C(=O)NC[C@@H](c3cccc(F)c3)N(C)C)cc2)c1. The minimum absolute atomic E-state index is 0.201. The summed E-state index contributed by atoms with van der Waals surface area (Å²) in [7, 11) is -0.0321. The number of hydrogen-bond donors (Lipinski definition) is 2. The van der Waals surface area contributed by atoms with Crippen molar-refractivity contribution in [2.75, 3.05) is 25.4 Å². The van der Waals surface area contributed by atoms with E-state index in [1.54, 1.807) is 49.4 Å². The smallest absolute Gasteiger partial charge is 0.262 e. The highest BCUT2D eigenvalue weighted by molar-refractivity contribution is 7.92. The van der Waals surface area contributed by atoms with Gasteiger partial charge in [0.05, 0.1) is 10.9 Å². The van der Waals surface area contributed by atoms with E-state index < -0.39 is 10.0 Å². The van der Waals surface area contributed by atoms with E-state index >= 15 is 0 Å². The molecule has 0 aliphatic carbocycles. The van der Waals surface area contributed by atoms with Crippen molar-refractivity contribution in [2.24, 2.45) is 0 Å². The molecular weight excluding hydrogens is 441 g/mol. The second kappa shape index (κ2) is 10.1. The van der Waals surface area contributed by atoms with E-state index in [1.807, 2.05) is 38.1 Å². The number of aryl methyl sites for hydroxylation is 2. The Morgan fingerprint density at radius 3 is 2.33 bits per heavy atom. The van der Waals surface area contributed by atoms with Gasteiger partial charge in [-0.05, 0) is 87.1 Å². The molecule has 3 aromatic rings. The van der Waals surface area contributed by atoms with Crippen LogP contribution < -0.4 is 10.0 Å². The molecule has 33 heavy (non-hydrogen) atoms. The average molecular weight is 470 g/mol. The van der Waals surface area contributed by atoms with Crippen LogP contribution in [-0.4, -0.2) is 39.9 Å². The first-order valence-corrected chi connectivity index (χ1v) is 12.0. The predicted molar refractivity (Wildman–Crippen MR) is 128 cm³/mol. The van der Waals surface area contributed by atoms with Crippen molar-refractivity contribution in [2.45, 2.75) is 24.8 Å². The maximum absolute atomic E-state index is 13.6. The molecule has 0 saturated heterocycles. The normalized spacial score (nSPS) is 12.4. The molecule has 0 radical (unpaired) electrons. The van der Waals surface area contributed by atoms with Gasteiger partial charge in [0.2, 0.25) is 0 Å². The van der Waals surface area contributed by atoms with Crippen LogP contribution in [0.2, 0.25) is 0 Å². The van der Waals surface area contributed by atoms with Crippen molar-refractivity contribution in [1.29, 1.82) is 0 Å². The number of nitrogens with zero attached hydrogens (tertiary/aromatic N) is 1. The van der Waals surface area contributed by atoms with Crippen LogP contribution in [0.1, 0.15) is 33.1 Å². The zero-order valence-electron chi connectivity index (χ0n) is 19.1. The molecule has 0 heterocycles. The molecule has 3 rings (SSSR count). The lowest BCUT2D eigenvalue weighted by molar-refractivity contribution is 0.0942. The van der Waals surface area contributed by atoms with E-state index in [9.17, 15) is 17.6 Å². The van der Waals surface area contributed by atoms with E-state index in [4.69, 9.17) is 0 Å². The van der Waals surface area contributed by atoms with Gasteiger partial charge in [0.15, 0.2) is 0 Å². The Bertz CT molecular complexity index is 1240. The highest BCUT2D eigenvalue weighted by Gasteiger charge is 2.19. The first kappa shape index (κ1) is 24.4. The third kappa shape index (κ3) is 6.18. The van der Waals surface area contributed by atoms with Crippen LogP contribution >= 0.6 is 0 Å². The van der Waals surface area contributed by atoms with Crippen molar-refractivity contribution >= 4 is 21.6 Å². The summed E-state index contributed by atoms with van der Waals surface area (Å²) in [5.74, 6) is -0.633. The van der Waals surface area contributed by atoms with Gasteiger partial charge < -0.3 is 10.2 Å². The third-order valence-corrected chi connectivity index (χ3v) is 6.87. The second-order valence-corrected chi connectivity index (χ2v) is 9.85. The second-order valence-electron chi connectivity index (χ2n) is 8.20. The fourth-order valence-corrected chi connectivity index (χ4v) is 4.89. The zero-order valence-corrected chi connectivity index (χ0v) is 19.9. The fourth-order valence-electron chi connectivity index (χ4n) is 3.50. The van der Waals surface area contributed by atoms with Gasteiger partial charge in [-0.25, -0.2) is 12.8 Å². The molecule has 0 aliphatic rings. The number of rotatable bonds is 8. The van der Waals surface area contributed by atoms with E-state index in [-0.39, 0.29) is 29.2 Å². The summed E-state index contributed by atoms with van der Waals surface area (Å²) in [6, 6.07) is 17.6. The van der Waals surface area contributed by atoms with E-state index in [0.29, 0.717) is 16.8 Å². The number of amides is 1. The van der Waals surface area contributed by atoms with E-state index in [2.05, 4.69) is 10.0 Å². The van der Waals surface area contributed by atoms with Crippen molar-refractivity contribution in [3.63, 3.8) is 0 Å². The Morgan fingerprint density at radius 2 is 1.70 bits per heavy atom. The number of nitrogens with one attached hydrogen (secondary N) is 2. The van der Waals surface area contributed by atoms with Gasteiger partial charge in [-0.1, -0.05) is 24.3 Å².